The Morgan fingerprint density at radius 3 is 2.22 bits per heavy atom. The van der Waals surface area contributed by atoms with Gasteiger partial charge in [-0.1, -0.05) is 115 Å². The Morgan fingerprint density at radius 1 is 0.870 bits per heavy atom. The van der Waals surface area contributed by atoms with Crippen molar-refractivity contribution in [1.82, 2.24) is 9.78 Å². The van der Waals surface area contributed by atoms with Crippen LogP contribution in [0.2, 0.25) is 0 Å². The number of rotatable bonds is 6. The summed E-state index contributed by atoms with van der Waals surface area (Å²) in [6.45, 7) is 25.7. The molecule has 4 fully saturated rings. The monoisotopic (exact) mass is 725 g/mol. The smallest absolute Gasteiger partial charge is 0.313 e. The molecule has 2 aromatic carbocycles. The highest BCUT2D eigenvalue weighted by molar-refractivity contribution is 5.92. The fraction of sp³-hybridized carbons (Fsp3) is 0.583. The van der Waals surface area contributed by atoms with E-state index in [1.807, 2.05) is 36.4 Å². The summed E-state index contributed by atoms with van der Waals surface area (Å²) in [5.41, 5.74) is 4.74. The predicted octanol–water partition coefficient (Wildman–Crippen LogP) is 10.8. The maximum Gasteiger partial charge on any atom is 0.313 e. The van der Waals surface area contributed by atoms with Crippen LogP contribution in [0, 0.1) is 56.8 Å². The number of carbonyl (C=O) groups excluding carboxylic acids is 2. The van der Waals surface area contributed by atoms with Crippen LogP contribution >= 0.6 is 0 Å². The van der Waals surface area contributed by atoms with Crippen molar-refractivity contribution >= 4 is 17.3 Å². The van der Waals surface area contributed by atoms with E-state index in [4.69, 9.17) is 16.4 Å². The van der Waals surface area contributed by atoms with E-state index < -0.39 is 16.9 Å². The van der Waals surface area contributed by atoms with Crippen LogP contribution in [-0.4, -0.2) is 27.6 Å². The first-order valence-corrected chi connectivity index (χ1v) is 20.5. The van der Waals surface area contributed by atoms with Crippen molar-refractivity contribution < 1.29 is 14.3 Å². The summed E-state index contributed by atoms with van der Waals surface area (Å²) in [7, 11) is 0. The number of allylic oxidation sites excluding steroid dienone is 2. The lowest BCUT2D eigenvalue weighted by atomic mass is 9.32. The van der Waals surface area contributed by atoms with E-state index in [-0.39, 0.29) is 51.2 Å². The minimum absolute atomic E-state index is 0.0316. The fourth-order valence-electron chi connectivity index (χ4n) is 13.3. The minimum Gasteiger partial charge on any atom is -0.460 e. The highest BCUT2D eigenvalue weighted by Crippen LogP contribution is 2.77. The van der Waals surface area contributed by atoms with Gasteiger partial charge in [0.2, 0.25) is 5.78 Å². The third kappa shape index (κ3) is 5.49. The molecule has 0 bridgehead atoms. The van der Waals surface area contributed by atoms with Gasteiger partial charge in [-0.3, -0.25) is 14.3 Å². The molecule has 5 aliphatic carbocycles. The van der Waals surface area contributed by atoms with Gasteiger partial charge in [0.05, 0.1) is 18.2 Å². The number of Topliss-reactive ketones (excluding diaryl/α,β-unsaturated/α-hetero) is 1. The molecule has 0 saturated heterocycles. The van der Waals surface area contributed by atoms with Crippen LogP contribution in [0.4, 0.5) is 0 Å². The van der Waals surface area contributed by atoms with Crippen molar-refractivity contribution in [2.24, 2.45) is 50.2 Å². The standard InChI is InChI=1S/C48H59N3O3/c1-43(2)21-23-48(42(53)54-31-33-17-13-10-14-18-33)24-22-47(7)40(36(48)26-43)35(34-28-50-51(30-34)29-32-15-11-9-12-16-32)25-39-45(5)27-37(49-8)41(52)44(3,4)38(45)19-20-46(39,47)6/h9-18,28,30,36-39H,19-27,29,31H2,1-7H3/t36-,37?,38-,39?,45-,46+,47+,48-/m0/s1. The van der Waals surface area contributed by atoms with Crippen molar-refractivity contribution in [3.63, 3.8) is 0 Å². The number of hydrogen-bond acceptors (Lipinski definition) is 4. The van der Waals surface area contributed by atoms with Crippen LogP contribution in [0.5, 0.6) is 0 Å². The maximum atomic E-state index is 14.8. The van der Waals surface area contributed by atoms with Gasteiger partial charge in [-0.25, -0.2) is 6.57 Å². The first kappa shape index (κ1) is 37.0. The number of esters is 1. The predicted molar refractivity (Wildman–Crippen MR) is 213 cm³/mol. The lowest BCUT2D eigenvalue weighted by Crippen LogP contribution is -2.66. The Morgan fingerprint density at radius 2 is 1.54 bits per heavy atom. The lowest BCUT2D eigenvalue weighted by Gasteiger charge is -2.71. The van der Waals surface area contributed by atoms with Crippen molar-refractivity contribution in [1.29, 1.82) is 0 Å². The largest absolute Gasteiger partial charge is 0.460 e. The molecule has 8 atom stereocenters. The lowest BCUT2D eigenvalue weighted by molar-refractivity contribution is -0.191. The number of carbonyl (C=O) groups is 2. The van der Waals surface area contributed by atoms with Gasteiger partial charge < -0.3 is 9.58 Å². The normalized spacial score (nSPS) is 36.5. The van der Waals surface area contributed by atoms with Crippen LogP contribution < -0.4 is 0 Å². The Kier molecular flexibility index (Phi) is 8.75. The molecule has 3 aromatic rings. The van der Waals surface area contributed by atoms with Crippen LogP contribution in [0.3, 0.4) is 0 Å². The SMILES string of the molecule is [C-]#[N+]C1C[C@]2(C)C3CC(c4cnn(Cc5ccccc5)c4)=C4[C@@H]5CC(C)(C)CC[C@]5(C(=O)OCc5ccccc5)CC[C@@]4(C)[C@]3(C)CC[C@H]2C(C)(C)C1=O. The first-order valence-electron chi connectivity index (χ1n) is 20.5. The summed E-state index contributed by atoms with van der Waals surface area (Å²) in [6, 6.07) is 20.0. The molecule has 54 heavy (non-hydrogen) atoms. The second-order valence-corrected chi connectivity index (χ2v) is 20.0. The summed E-state index contributed by atoms with van der Waals surface area (Å²) < 4.78 is 8.43. The van der Waals surface area contributed by atoms with Gasteiger partial charge >= 0.3 is 5.97 Å². The van der Waals surface area contributed by atoms with Gasteiger partial charge in [-0.05, 0) is 107 Å². The van der Waals surface area contributed by atoms with Gasteiger partial charge in [0.25, 0.3) is 6.04 Å². The average molecular weight is 726 g/mol. The van der Waals surface area contributed by atoms with Crippen molar-refractivity contribution in [2.45, 2.75) is 125 Å². The quantitative estimate of drug-likeness (QED) is 0.187. The average Bonchev–Trinajstić information content (AvgIpc) is 3.61. The van der Waals surface area contributed by atoms with Crippen molar-refractivity contribution in [3.05, 3.63) is 107 Å². The third-order valence-electron chi connectivity index (χ3n) is 16.4. The fourth-order valence-corrected chi connectivity index (χ4v) is 13.3. The summed E-state index contributed by atoms with van der Waals surface area (Å²) in [6.07, 6.45) is 12.4. The Labute approximate surface area is 323 Å². The molecular weight excluding hydrogens is 667 g/mol. The molecule has 2 unspecified atom stereocenters. The Bertz CT molecular complexity index is 2020. The first-order chi connectivity index (χ1) is 25.6. The number of nitrogens with zero attached hydrogens (tertiary/aromatic N) is 3. The highest BCUT2D eigenvalue weighted by atomic mass is 16.5. The summed E-state index contributed by atoms with van der Waals surface area (Å²) in [5, 5.41) is 4.98. The molecule has 1 heterocycles. The molecule has 4 saturated carbocycles. The zero-order chi connectivity index (χ0) is 38.3. The van der Waals surface area contributed by atoms with E-state index in [9.17, 15) is 9.59 Å². The molecular formula is C48H59N3O3. The molecule has 1 aromatic heterocycles. The number of aromatic nitrogens is 2. The summed E-state index contributed by atoms with van der Waals surface area (Å²) >= 11 is 0. The number of ether oxygens (including phenoxy) is 1. The number of ketones is 1. The van der Waals surface area contributed by atoms with Crippen LogP contribution in [0.25, 0.3) is 10.4 Å². The van der Waals surface area contributed by atoms with E-state index in [1.54, 1.807) is 0 Å². The van der Waals surface area contributed by atoms with Gasteiger partial charge in [0.15, 0.2) is 0 Å². The molecule has 0 amide bonds. The van der Waals surface area contributed by atoms with Crippen molar-refractivity contribution in [3.8, 4) is 0 Å². The molecule has 0 aliphatic heterocycles. The molecule has 0 N–H and O–H groups in total. The van der Waals surface area contributed by atoms with Crippen LogP contribution in [0.1, 0.15) is 123 Å². The molecule has 8 rings (SSSR count). The second kappa shape index (κ2) is 12.8. The van der Waals surface area contributed by atoms with E-state index in [0.29, 0.717) is 19.6 Å². The number of fused-ring (bicyclic) bond motifs is 7. The number of benzene rings is 2. The molecule has 0 radical (unpaired) electrons. The highest BCUT2D eigenvalue weighted by Gasteiger charge is 2.72. The van der Waals surface area contributed by atoms with Gasteiger partial charge in [-0.15, -0.1) is 0 Å². The Hall–Kier alpha value is -3.98. The minimum atomic E-state index is -0.601. The van der Waals surface area contributed by atoms with Crippen LogP contribution in [0.15, 0.2) is 78.6 Å². The van der Waals surface area contributed by atoms with Crippen LogP contribution in [-0.2, 0) is 27.5 Å². The molecule has 284 valence electrons. The van der Waals surface area contributed by atoms with Gasteiger partial charge in [0.1, 0.15) is 6.61 Å². The zero-order valence-electron chi connectivity index (χ0n) is 33.6. The third-order valence-corrected chi connectivity index (χ3v) is 16.4. The Balaban J connectivity index is 1.30. The number of hydrogen-bond donors (Lipinski definition) is 0. The molecule has 0 spiro atoms. The summed E-state index contributed by atoms with van der Waals surface area (Å²) in [5.74, 6) is 0.640. The maximum absolute atomic E-state index is 14.8. The zero-order valence-corrected chi connectivity index (χ0v) is 33.6. The van der Waals surface area contributed by atoms with E-state index in [0.717, 1.165) is 62.5 Å². The topological polar surface area (TPSA) is 65.6 Å². The van der Waals surface area contributed by atoms with Gasteiger partial charge in [0, 0.05) is 23.6 Å². The van der Waals surface area contributed by atoms with E-state index >= 15 is 0 Å². The summed E-state index contributed by atoms with van der Waals surface area (Å²) in [4.78, 5) is 32.6. The van der Waals surface area contributed by atoms with Gasteiger partial charge in [-0.2, -0.15) is 5.10 Å². The van der Waals surface area contributed by atoms with E-state index in [1.165, 1.54) is 16.7 Å². The molecule has 5 aliphatic rings. The molecule has 6 nitrogen and oxygen atoms in total. The van der Waals surface area contributed by atoms with E-state index in [2.05, 4.69) is 94.7 Å². The molecule has 6 heteroatoms. The van der Waals surface area contributed by atoms with Crippen molar-refractivity contribution in [2.75, 3.05) is 0 Å². The second-order valence-electron chi connectivity index (χ2n) is 20.0.